The van der Waals surface area contributed by atoms with Crippen molar-refractivity contribution in [2.24, 2.45) is 0 Å². The molecule has 0 fully saturated rings. The van der Waals surface area contributed by atoms with Crippen molar-refractivity contribution in [1.82, 2.24) is 0 Å². The van der Waals surface area contributed by atoms with E-state index in [2.05, 4.69) is 0 Å². The van der Waals surface area contributed by atoms with Gasteiger partial charge in [-0.15, -0.1) is 0 Å². The van der Waals surface area contributed by atoms with E-state index < -0.39 is 17.9 Å². The highest BCUT2D eigenvalue weighted by Crippen LogP contribution is 2.20. The van der Waals surface area contributed by atoms with Gasteiger partial charge in [0.2, 0.25) is 0 Å². The third-order valence-corrected chi connectivity index (χ3v) is 4.41. The van der Waals surface area contributed by atoms with Gasteiger partial charge in [0, 0.05) is 0 Å². The largest absolute Gasteiger partial charge is 0.462 e. The number of rotatable bonds is 8. The Morgan fingerprint density at radius 3 is 1.45 bits per heavy atom. The van der Waals surface area contributed by atoms with Crippen LogP contribution in [0, 0.1) is 0 Å². The molecule has 0 aliphatic rings. The Bertz CT molecular complexity index is 970. The van der Waals surface area contributed by atoms with Crippen LogP contribution in [0.2, 0.25) is 0 Å². The average Bonchev–Trinajstić information content (AvgIpc) is 2.82. The molecule has 3 aromatic carbocycles. The van der Waals surface area contributed by atoms with E-state index in [1.54, 1.807) is 6.92 Å². The second kappa shape index (κ2) is 10.7. The maximum absolute atomic E-state index is 12.7. The highest BCUT2D eigenvalue weighted by Gasteiger charge is 2.27. The Morgan fingerprint density at radius 2 is 1.03 bits per heavy atom. The fourth-order valence-electron chi connectivity index (χ4n) is 2.92. The Kier molecular flexibility index (Phi) is 7.54. The van der Waals surface area contributed by atoms with Gasteiger partial charge >= 0.3 is 17.9 Å². The number of carbonyl (C=O) groups is 3. The summed E-state index contributed by atoms with van der Waals surface area (Å²) in [4.78, 5) is 38.0. The molecule has 6 nitrogen and oxygen atoms in total. The Hall–Kier alpha value is -3.93. The molecule has 0 spiro atoms. The quantitative estimate of drug-likeness (QED) is 0.394. The van der Waals surface area contributed by atoms with Gasteiger partial charge in [-0.25, -0.2) is 14.4 Å². The van der Waals surface area contributed by atoms with Crippen LogP contribution in [-0.2, 0) is 27.4 Å². The lowest BCUT2D eigenvalue weighted by Gasteiger charge is -2.13. The molecule has 31 heavy (non-hydrogen) atoms. The van der Waals surface area contributed by atoms with Gasteiger partial charge in [0.05, 0.1) is 23.3 Å². The highest BCUT2D eigenvalue weighted by molar-refractivity contribution is 6.10. The van der Waals surface area contributed by atoms with Crippen molar-refractivity contribution in [3.63, 3.8) is 0 Å². The van der Waals surface area contributed by atoms with E-state index in [0.29, 0.717) is 0 Å². The Morgan fingerprint density at radius 1 is 0.581 bits per heavy atom. The zero-order valence-corrected chi connectivity index (χ0v) is 17.1. The zero-order valence-electron chi connectivity index (χ0n) is 17.1. The second-order valence-corrected chi connectivity index (χ2v) is 6.57. The van der Waals surface area contributed by atoms with Gasteiger partial charge in [0.15, 0.2) is 0 Å². The summed E-state index contributed by atoms with van der Waals surface area (Å²) in [6.45, 7) is 1.79. The maximum atomic E-state index is 12.7. The lowest BCUT2D eigenvalue weighted by Crippen LogP contribution is -2.19. The minimum Gasteiger partial charge on any atom is -0.462 e. The lowest BCUT2D eigenvalue weighted by atomic mass is 10.0. The zero-order chi connectivity index (χ0) is 22.1. The van der Waals surface area contributed by atoms with Crippen LogP contribution in [-0.4, -0.2) is 24.5 Å². The molecule has 0 atom stereocenters. The van der Waals surface area contributed by atoms with Crippen molar-refractivity contribution < 1.29 is 28.6 Å². The summed E-state index contributed by atoms with van der Waals surface area (Å²) < 4.78 is 15.8. The number of hydrogen-bond acceptors (Lipinski definition) is 6. The fraction of sp³-hybridized carbons (Fsp3) is 0.160. The fourth-order valence-corrected chi connectivity index (χ4v) is 2.92. The maximum Gasteiger partial charge on any atom is 0.339 e. The van der Waals surface area contributed by atoms with Gasteiger partial charge in [-0.1, -0.05) is 66.7 Å². The van der Waals surface area contributed by atoms with Crippen LogP contribution in [0.4, 0.5) is 0 Å². The first-order valence-electron chi connectivity index (χ1n) is 9.82. The van der Waals surface area contributed by atoms with Crippen LogP contribution in [0.15, 0.2) is 78.9 Å². The molecule has 6 heteroatoms. The molecule has 0 aliphatic carbocycles. The smallest absolute Gasteiger partial charge is 0.339 e. The summed E-state index contributed by atoms with van der Waals surface area (Å²) >= 11 is 0. The first-order valence-corrected chi connectivity index (χ1v) is 9.82. The van der Waals surface area contributed by atoms with Crippen LogP contribution < -0.4 is 0 Å². The van der Waals surface area contributed by atoms with Gasteiger partial charge in [-0.2, -0.15) is 0 Å². The monoisotopic (exact) mass is 418 g/mol. The molecule has 0 saturated carbocycles. The number of benzene rings is 3. The predicted octanol–water partition coefficient (Wildman–Crippen LogP) is 4.58. The summed E-state index contributed by atoms with van der Waals surface area (Å²) in [6, 6.07) is 22.6. The molecule has 0 N–H and O–H groups in total. The summed E-state index contributed by atoms with van der Waals surface area (Å²) in [5.74, 6) is -2.25. The third kappa shape index (κ3) is 5.79. The Labute approximate surface area is 180 Å². The van der Waals surface area contributed by atoms with Crippen LogP contribution >= 0.6 is 0 Å². The summed E-state index contributed by atoms with van der Waals surface area (Å²) in [5.41, 5.74) is 1.33. The Balaban J connectivity index is 1.84. The molecule has 0 heterocycles. The molecule has 3 aromatic rings. The summed E-state index contributed by atoms with van der Waals surface area (Å²) in [7, 11) is 0. The van der Waals surface area contributed by atoms with E-state index in [0.717, 1.165) is 11.1 Å². The molecule has 158 valence electrons. The van der Waals surface area contributed by atoms with E-state index in [1.165, 1.54) is 18.2 Å². The van der Waals surface area contributed by atoms with Crippen molar-refractivity contribution in [3.8, 4) is 0 Å². The molecular formula is C25H22O6. The molecule has 0 radical (unpaired) electrons. The van der Waals surface area contributed by atoms with Crippen LogP contribution in [0.25, 0.3) is 0 Å². The molecular weight excluding hydrogens is 396 g/mol. The second-order valence-electron chi connectivity index (χ2n) is 6.57. The van der Waals surface area contributed by atoms with Gasteiger partial charge < -0.3 is 14.2 Å². The minimum atomic E-state index is -0.790. The van der Waals surface area contributed by atoms with Crippen LogP contribution in [0.3, 0.4) is 0 Å². The van der Waals surface area contributed by atoms with E-state index >= 15 is 0 Å². The summed E-state index contributed by atoms with van der Waals surface area (Å²) in [5, 5.41) is 0. The van der Waals surface area contributed by atoms with Gasteiger partial charge in [-0.05, 0) is 30.2 Å². The standard InChI is InChI=1S/C25H22O6/c1-2-29-25(28)22-20(23(26)30-16-18-10-5-3-6-11-18)14-9-15-21(22)24(27)31-17-19-12-7-4-8-13-19/h3-15H,2,16-17H2,1H3. The molecule has 0 aromatic heterocycles. The molecule has 0 amide bonds. The van der Waals surface area contributed by atoms with E-state index in [1.807, 2.05) is 60.7 Å². The SMILES string of the molecule is CCOC(=O)c1c(C(=O)OCc2ccccc2)cccc1C(=O)OCc1ccccc1. The molecule has 0 bridgehead atoms. The van der Waals surface area contributed by atoms with E-state index in [9.17, 15) is 14.4 Å². The number of carbonyl (C=O) groups excluding carboxylic acids is 3. The normalized spacial score (nSPS) is 10.2. The lowest BCUT2D eigenvalue weighted by molar-refractivity contribution is 0.0426. The minimum absolute atomic E-state index is 0.0324. The predicted molar refractivity (Wildman–Crippen MR) is 114 cm³/mol. The van der Waals surface area contributed by atoms with Crippen molar-refractivity contribution in [2.75, 3.05) is 6.61 Å². The van der Waals surface area contributed by atoms with Crippen molar-refractivity contribution in [2.45, 2.75) is 20.1 Å². The van der Waals surface area contributed by atoms with Gasteiger partial charge in [0.1, 0.15) is 13.2 Å². The average molecular weight is 418 g/mol. The van der Waals surface area contributed by atoms with Crippen molar-refractivity contribution >= 4 is 17.9 Å². The topological polar surface area (TPSA) is 78.9 Å². The third-order valence-electron chi connectivity index (χ3n) is 4.41. The number of ether oxygens (including phenoxy) is 3. The highest BCUT2D eigenvalue weighted by atomic mass is 16.5. The van der Waals surface area contributed by atoms with Gasteiger partial charge in [-0.3, -0.25) is 0 Å². The molecule has 0 unspecified atom stereocenters. The first-order chi connectivity index (χ1) is 15.1. The van der Waals surface area contributed by atoms with E-state index in [-0.39, 0.29) is 36.5 Å². The van der Waals surface area contributed by atoms with Gasteiger partial charge in [0.25, 0.3) is 0 Å². The number of hydrogen-bond donors (Lipinski definition) is 0. The summed E-state index contributed by atoms with van der Waals surface area (Å²) in [6.07, 6.45) is 0. The van der Waals surface area contributed by atoms with Crippen molar-refractivity contribution in [3.05, 3.63) is 107 Å². The van der Waals surface area contributed by atoms with Crippen LogP contribution in [0.1, 0.15) is 49.1 Å². The first kappa shape index (κ1) is 21.8. The molecule has 0 aliphatic heterocycles. The number of esters is 3. The van der Waals surface area contributed by atoms with Crippen LogP contribution in [0.5, 0.6) is 0 Å². The van der Waals surface area contributed by atoms with E-state index in [4.69, 9.17) is 14.2 Å². The molecule has 3 rings (SSSR count). The van der Waals surface area contributed by atoms with Crippen molar-refractivity contribution in [1.29, 1.82) is 0 Å². The molecule has 0 saturated heterocycles.